The van der Waals surface area contributed by atoms with Crippen LogP contribution in [0.5, 0.6) is 0 Å². The van der Waals surface area contributed by atoms with E-state index in [0.717, 1.165) is 29.0 Å². The summed E-state index contributed by atoms with van der Waals surface area (Å²) in [4.78, 5) is 8.67. The molecule has 0 aliphatic heterocycles. The van der Waals surface area contributed by atoms with Crippen LogP contribution >= 0.6 is 11.8 Å². The number of aromatic nitrogens is 2. The summed E-state index contributed by atoms with van der Waals surface area (Å²) in [5, 5.41) is 7.68. The van der Waals surface area contributed by atoms with E-state index >= 15 is 0 Å². The third-order valence-electron chi connectivity index (χ3n) is 3.56. The molecule has 5 heteroatoms. The van der Waals surface area contributed by atoms with E-state index < -0.39 is 0 Å². The van der Waals surface area contributed by atoms with Crippen molar-refractivity contribution in [1.29, 1.82) is 0 Å². The maximum absolute atomic E-state index is 4.39. The summed E-state index contributed by atoms with van der Waals surface area (Å²) in [6.45, 7) is 7.28. The molecular weight excluding hydrogens is 256 g/mol. The van der Waals surface area contributed by atoms with E-state index in [1.165, 1.54) is 25.0 Å². The first-order valence-corrected chi connectivity index (χ1v) is 8.23. The van der Waals surface area contributed by atoms with Crippen LogP contribution in [0.25, 0.3) is 0 Å². The van der Waals surface area contributed by atoms with Crippen molar-refractivity contribution in [1.82, 2.24) is 9.97 Å². The Labute approximate surface area is 120 Å². The normalized spacial score (nSPS) is 22.5. The third kappa shape index (κ3) is 3.75. The van der Waals surface area contributed by atoms with E-state index in [2.05, 4.69) is 53.1 Å². The predicted octanol–water partition coefficient (Wildman–Crippen LogP) is 3.30. The van der Waals surface area contributed by atoms with Gasteiger partial charge < -0.3 is 10.6 Å². The Bertz CT molecular complexity index is 410. The van der Waals surface area contributed by atoms with Crippen LogP contribution in [0.15, 0.2) is 6.33 Å². The summed E-state index contributed by atoms with van der Waals surface area (Å²) in [7, 11) is 0. The van der Waals surface area contributed by atoms with Gasteiger partial charge in [0.15, 0.2) is 0 Å². The molecule has 1 fully saturated rings. The van der Waals surface area contributed by atoms with E-state index in [1.807, 2.05) is 0 Å². The van der Waals surface area contributed by atoms with E-state index in [4.69, 9.17) is 0 Å². The molecule has 1 heterocycles. The number of nitrogens with one attached hydrogen (secondary N) is 2. The molecule has 19 heavy (non-hydrogen) atoms. The van der Waals surface area contributed by atoms with Gasteiger partial charge in [0.25, 0.3) is 0 Å². The number of thioether (sulfide) groups is 1. The molecule has 0 aromatic carbocycles. The highest BCUT2D eigenvalue weighted by molar-refractivity contribution is 7.99. The molecule has 1 saturated carbocycles. The Morgan fingerprint density at radius 3 is 2.79 bits per heavy atom. The molecule has 0 bridgehead atoms. The fourth-order valence-electron chi connectivity index (χ4n) is 2.59. The molecule has 1 aromatic heterocycles. The fourth-order valence-corrected chi connectivity index (χ4v) is 3.74. The Balaban J connectivity index is 1.98. The van der Waals surface area contributed by atoms with Gasteiger partial charge in [0, 0.05) is 23.4 Å². The van der Waals surface area contributed by atoms with Crippen LogP contribution in [-0.4, -0.2) is 33.6 Å². The lowest BCUT2D eigenvalue weighted by atomic mass is 10.2. The third-order valence-corrected chi connectivity index (χ3v) is 4.79. The lowest BCUT2D eigenvalue weighted by Gasteiger charge is -2.17. The topological polar surface area (TPSA) is 49.8 Å². The minimum Gasteiger partial charge on any atom is -0.370 e. The molecule has 2 rings (SSSR count). The van der Waals surface area contributed by atoms with Crippen molar-refractivity contribution in [2.45, 2.75) is 51.3 Å². The Kier molecular flexibility index (Phi) is 5.31. The predicted molar refractivity (Wildman–Crippen MR) is 84.1 cm³/mol. The Morgan fingerprint density at radius 2 is 2.05 bits per heavy atom. The van der Waals surface area contributed by atoms with Gasteiger partial charge >= 0.3 is 0 Å². The smallest absolute Gasteiger partial charge is 0.134 e. The largest absolute Gasteiger partial charge is 0.370 e. The molecule has 1 aliphatic rings. The maximum atomic E-state index is 4.39. The second kappa shape index (κ2) is 6.98. The molecule has 0 saturated heterocycles. The summed E-state index contributed by atoms with van der Waals surface area (Å²) in [5.74, 6) is 3.14. The lowest BCUT2D eigenvalue weighted by Crippen LogP contribution is -2.18. The molecule has 2 atom stereocenters. The zero-order valence-corrected chi connectivity index (χ0v) is 12.9. The summed E-state index contributed by atoms with van der Waals surface area (Å²) < 4.78 is 0. The molecular formula is C14H24N4S. The van der Waals surface area contributed by atoms with Crippen molar-refractivity contribution in [2.24, 2.45) is 0 Å². The molecule has 0 spiro atoms. The number of hydrogen-bond donors (Lipinski definition) is 2. The second-order valence-electron chi connectivity index (χ2n) is 4.96. The SMILES string of the molecule is CCNc1ncnc(NC2CCC(SCC)C2)c1C. The average Bonchev–Trinajstić information content (AvgIpc) is 2.83. The van der Waals surface area contributed by atoms with E-state index in [0.29, 0.717) is 6.04 Å². The summed E-state index contributed by atoms with van der Waals surface area (Å²) >= 11 is 2.08. The molecule has 2 N–H and O–H groups in total. The quantitative estimate of drug-likeness (QED) is 0.837. The molecule has 4 nitrogen and oxygen atoms in total. The zero-order chi connectivity index (χ0) is 13.7. The highest BCUT2D eigenvalue weighted by Gasteiger charge is 2.25. The molecule has 106 valence electrons. The van der Waals surface area contributed by atoms with Crippen LogP contribution in [0.3, 0.4) is 0 Å². The van der Waals surface area contributed by atoms with Crippen LogP contribution in [-0.2, 0) is 0 Å². The van der Waals surface area contributed by atoms with Gasteiger partial charge in [0.1, 0.15) is 18.0 Å². The van der Waals surface area contributed by atoms with Gasteiger partial charge in [-0.05, 0) is 38.9 Å². The van der Waals surface area contributed by atoms with Crippen LogP contribution in [0.4, 0.5) is 11.6 Å². The molecule has 0 radical (unpaired) electrons. The summed E-state index contributed by atoms with van der Waals surface area (Å²) in [6.07, 6.45) is 5.46. The maximum Gasteiger partial charge on any atom is 0.134 e. The van der Waals surface area contributed by atoms with Gasteiger partial charge in [-0.1, -0.05) is 6.92 Å². The van der Waals surface area contributed by atoms with Crippen molar-refractivity contribution in [2.75, 3.05) is 22.9 Å². The zero-order valence-electron chi connectivity index (χ0n) is 12.1. The number of nitrogens with zero attached hydrogens (tertiary/aromatic N) is 2. The van der Waals surface area contributed by atoms with Gasteiger partial charge in [-0.25, -0.2) is 9.97 Å². The Hall–Kier alpha value is -0.970. The number of rotatable bonds is 6. The molecule has 0 amide bonds. The highest BCUT2D eigenvalue weighted by Crippen LogP contribution is 2.32. The standard InChI is InChI=1S/C14H24N4S/c1-4-15-13-10(3)14(17-9-16-13)18-11-6-7-12(8-11)19-5-2/h9,11-12H,4-8H2,1-3H3,(H2,15,16,17,18). The van der Waals surface area contributed by atoms with Crippen LogP contribution < -0.4 is 10.6 Å². The van der Waals surface area contributed by atoms with Crippen LogP contribution in [0, 0.1) is 6.92 Å². The number of hydrogen-bond acceptors (Lipinski definition) is 5. The Morgan fingerprint density at radius 1 is 1.26 bits per heavy atom. The van der Waals surface area contributed by atoms with Gasteiger partial charge in [0.05, 0.1) is 0 Å². The molecule has 2 unspecified atom stereocenters. The minimum absolute atomic E-state index is 0.562. The van der Waals surface area contributed by atoms with Gasteiger partial charge in [-0.2, -0.15) is 11.8 Å². The number of anilines is 2. The van der Waals surface area contributed by atoms with Crippen molar-refractivity contribution < 1.29 is 0 Å². The van der Waals surface area contributed by atoms with Crippen molar-refractivity contribution >= 4 is 23.4 Å². The van der Waals surface area contributed by atoms with Crippen LogP contribution in [0.1, 0.15) is 38.7 Å². The second-order valence-corrected chi connectivity index (χ2v) is 6.54. The first-order valence-electron chi connectivity index (χ1n) is 7.18. The van der Waals surface area contributed by atoms with E-state index in [-0.39, 0.29) is 0 Å². The summed E-state index contributed by atoms with van der Waals surface area (Å²) in [6, 6.07) is 0.562. The molecule has 1 aromatic rings. The minimum atomic E-state index is 0.562. The van der Waals surface area contributed by atoms with E-state index in [1.54, 1.807) is 6.33 Å². The van der Waals surface area contributed by atoms with Crippen molar-refractivity contribution in [3.05, 3.63) is 11.9 Å². The summed E-state index contributed by atoms with van der Waals surface area (Å²) in [5.41, 5.74) is 1.12. The van der Waals surface area contributed by atoms with Gasteiger partial charge in [0.2, 0.25) is 0 Å². The van der Waals surface area contributed by atoms with Gasteiger partial charge in [-0.3, -0.25) is 0 Å². The fraction of sp³-hybridized carbons (Fsp3) is 0.714. The average molecular weight is 280 g/mol. The van der Waals surface area contributed by atoms with Crippen molar-refractivity contribution in [3.8, 4) is 0 Å². The first kappa shape index (κ1) is 14.4. The molecule has 1 aliphatic carbocycles. The van der Waals surface area contributed by atoms with Crippen LogP contribution in [0.2, 0.25) is 0 Å². The lowest BCUT2D eigenvalue weighted by molar-refractivity contribution is 0.749. The van der Waals surface area contributed by atoms with E-state index in [9.17, 15) is 0 Å². The monoisotopic (exact) mass is 280 g/mol. The highest BCUT2D eigenvalue weighted by atomic mass is 32.2. The van der Waals surface area contributed by atoms with Gasteiger partial charge in [-0.15, -0.1) is 0 Å². The first-order chi connectivity index (χ1) is 9.24. The van der Waals surface area contributed by atoms with Crippen molar-refractivity contribution in [3.63, 3.8) is 0 Å².